The van der Waals surface area contributed by atoms with Crippen LogP contribution in [0.4, 0.5) is 0 Å². The summed E-state index contributed by atoms with van der Waals surface area (Å²) in [5, 5.41) is 0. The fourth-order valence-corrected chi connectivity index (χ4v) is 5.00. The van der Waals surface area contributed by atoms with Crippen LogP contribution in [-0.4, -0.2) is 29.9 Å². The van der Waals surface area contributed by atoms with Gasteiger partial charge in [-0.25, -0.2) is 0 Å². The van der Waals surface area contributed by atoms with Crippen molar-refractivity contribution in [2.45, 2.75) is 51.1 Å². The van der Waals surface area contributed by atoms with Crippen molar-refractivity contribution in [3.8, 4) is 0 Å². The van der Waals surface area contributed by atoms with E-state index < -0.39 is 0 Å². The average molecular weight is 273 g/mol. The largest absolute Gasteiger partial charge is 0.341 e. The molecule has 18 heavy (non-hydrogen) atoms. The van der Waals surface area contributed by atoms with Gasteiger partial charge in [-0.3, -0.25) is 4.79 Å². The summed E-state index contributed by atoms with van der Waals surface area (Å²) in [6, 6.07) is 0.137. The van der Waals surface area contributed by atoms with E-state index in [1.165, 1.54) is 32.1 Å². The number of hydrogen-bond acceptors (Lipinski definition) is 2. The van der Waals surface area contributed by atoms with E-state index in [2.05, 4.69) is 0 Å². The van der Waals surface area contributed by atoms with E-state index in [1.54, 1.807) is 6.92 Å². The van der Waals surface area contributed by atoms with Gasteiger partial charge in [0.15, 0.2) is 0 Å². The van der Waals surface area contributed by atoms with Crippen molar-refractivity contribution in [1.29, 1.82) is 0 Å². The summed E-state index contributed by atoms with van der Waals surface area (Å²) in [6.07, 6.45) is 6.88. The fraction of sp³-hybridized carbons (Fsp3) is 0.929. The number of nitrogens with two attached hydrogens (primary N) is 1. The lowest BCUT2D eigenvalue weighted by molar-refractivity contribution is -0.142. The van der Waals surface area contributed by atoms with Gasteiger partial charge in [-0.15, -0.1) is 12.4 Å². The molecule has 4 saturated carbocycles. The standard InChI is InChI=1S/C14H24N2O.ClH/c1-8(15)14(17)16(2)13-11-4-9-3-10(6-11)7-12(13)5-9;/h8-13H,3-7,15H2,1-2H3;1H. The lowest BCUT2D eigenvalue weighted by atomic mass is 9.54. The van der Waals surface area contributed by atoms with Crippen LogP contribution in [0.3, 0.4) is 0 Å². The molecule has 0 radical (unpaired) electrons. The number of carbonyl (C=O) groups is 1. The maximum atomic E-state index is 12.1. The summed E-state index contributed by atoms with van der Waals surface area (Å²) in [7, 11) is 1.97. The number of rotatable bonds is 2. The van der Waals surface area contributed by atoms with Gasteiger partial charge in [0.2, 0.25) is 5.91 Å². The fourth-order valence-electron chi connectivity index (χ4n) is 5.00. The van der Waals surface area contributed by atoms with Crippen LogP contribution in [0.5, 0.6) is 0 Å². The predicted octanol–water partition coefficient (Wildman–Crippen LogP) is 2.04. The van der Waals surface area contributed by atoms with Gasteiger partial charge in [0, 0.05) is 13.1 Å². The van der Waals surface area contributed by atoms with Crippen molar-refractivity contribution in [3.05, 3.63) is 0 Å². The van der Waals surface area contributed by atoms with Gasteiger partial charge < -0.3 is 10.6 Å². The minimum absolute atomic E-state index is 0. The second kappa shape index (κ2) is 5.01. The monoisotopic (exact) mass is 272 g/mol. The molecule has 3 nitrogen and oxygen atoms in total. The minimum atomic E-state index is -0.350. The molecule has 4 rings (SSSR count). The van der Waals surface area contributed by atoms with Gasteiger partial charge in [0.05, 0.1) is 6.04 Å². The Kier molecular flexibility index (Phi) is 3.93. The van der Waals surface area contributed by atoms with Crippen LogP contribution in [0.15, 0.2) is 0 Å². The molecule has 4 aliphatic carbocycles. The molecule has 0 aromatic heterocycles. The molecule has 4 heteroatoms. The lowest BCUT2D eigenvalue weighted by Crippen LogP contribution is -2.58. The molecule has 0 aromatic rings. The van der Waals surface area contributed by atoms with Crippen LogP contribution in [0, 0.1) is 23.7 Å². The van der Waals surface area contributed by atoms with Crippen molar-refractivity contribution in [2.24, 2.45) is 29.4 Å². The Labute approximate surface area is 116 Å². The van der Waals surface area contributed by atoms with Gasteiger partial charge in [-0.1, -0.05) is 0 Å². The maximum absolute atomic E-state index is 12.1. The third-order valence-electron chi connectivity index (χ3n) is 5.36. The molecular formula is C14H25ClN2O. The Morgan fingerprint density at radius 2 is 1.56 bits per heavy atom. The lowest BCUT2D eigenvalue weighted by Gasteiger charge is -2.56. The average Bonchev–Trinajstić information content (AvgIpc) is 2.26. The van der Waals surface area contributed by atoms with Crippen molar-refractivity contribution in [3.63, 3.8) is 0 Å². The molecule has 0 spiro atoms. The van der Waals surface area contributed by atoms with Crippen LogP contribution >= 0.6 is 12.4 Å². The normalized spacial score (nSPS) is 42.3. The number of amides is 1. The van der Waals surface area contributed by atoms with E-state index in [9.17, 15) is 4.79 Å². The van der Waals surface area contributed by atoms with E-state index in [1.807, 2.05) is 11.9 Å². The molecule has 4 bridgehead atoms. The molecule has 104 valence electrons. The summed E-state index contributed by atoms with van der Waals surface area (Å²) < 4.78 is 0. The topological polar surface area (TPSA) is 46.3 Å². The molecule has 1 amide bonds. The van der Waals surface area contributed by atoms with Gasteiger partial charge >= 0.3 is 0 Å². The highest BCUT2D eigenvalue weighted by molar-refractivity contribution is 5.85. The second-order valence-corrected chi connectivity index (χ2v) is 6.66. The first-order valence-corrected chi connectivity index (χ1v) is 7.08. The minimum Gasteiger partial charge on any atom is -0.341 e. The van der Waals surface area contributed by atoms with Gasteiger partial charge in [0.1, 0.15) is 0 Å². The Morgan fingerprint density at radius 3 is 1.94 bits per heavy atom. The van der Waals surface area contributed by atoms with E-state index in [0.29, 0.717) is 6.04 Å². The zero-order valence-electron chi connectivity index (χ0n) is 11.3. The first-order valence-electron chi connectivity index (χ1n) is 7.08. The highest BCUT2D eigenvalue weighted by Gasteiger charge is 2.50. The summed E-state index contributed by atoms with van der Waals surface area (Å²) >= 11 is 0. The number of carbonyl (C=O) groups excluding carboxylic acids is 1. The zero-order chi connectivity index (χ0) is 12.2. The van der Waals surface area contributed by atoms with Gasteiger partial charge in [-0.2, -0.15) is 0 Å². The number of halogens is 1. The molecule has 0 aromatic carbocycles. The summed E-state index contributed by atoms with van der Waals surface area (Å²) in [4.78, 5) is 14.1. The molecule has 2 N–H and O–H groups in total. The number of hydrogen-bond donors (Lipinski definition) is 1. The highest BCUT2D eigenvalue weighted by Crippen LogP contribution is 2.54. The van der Waals surface area contributed by atoms with Crippen LogP contribution in [0.25, 0.3) is 0 Å². The first kappa shape index (κ1) is 14.1. The van der Waals surface area contributed by atoms with Gasteiger partial charge in [0.25, 0.3) is 0 Å². The summed E-state index contributed by atoms with van der Waals surface area (Å²) in [6.45, 7) is 1.80. The van der Waals surface area contributed by atoms with E-state index in [-0.39, 0.29) is 24.4 Å². The Balaban J connectivity index is 0.00000120. The summed E-state index contributed by atoms with van der Waals surface area (Å²) in [5.74, 6) is 3.58. The Bertz CT molecular complexity index is 304. The molecule has 1 atom stereocenters. The molecule has 1 unspecified atom stereocenters. The third-order valence-corrected chi connectivity index (χ3v) is 5.36. The first-order chi connectivity index (χ1) is 8.06. The SMILES string of the molecule is CC(N)C(=O)N(C)C1C2CC3CC(C2)CC1C3.Cl. The van der Waals surface area contributed by atoms with Crippen LogP contribution < -0.4 is 5.73 Å². The molecular weight excluding hydrogens is 248 g/mol. The molecule has 4 fully saturated rings. The smallest absolute Gasteiger partial charge is 0.239 e. The van der Waals surface area contributed by atoms with Crippen LogP contribution in [0.2, 0.25) is 0 Å². The van der Waals surface area contributed by atoms with Crippen LogP contribution in [0.1, 0.15) is 39.0 Å². The van der Waals surface area contributed by atoms with Crippen molar-refractivity contribution >= 4 is 18.3 Å². The Hall–Kier alpha value is -0.280. The molecule has 4 aliphatic rings. The molecule has 0 heterocycles. The van der Waals surface area contributed by atoms with Crippen molar-refractivity contribution < 1.29 is 4.79 Å². The summed E-state index contributed by atoms with van der Waals surface area (Å²) in [5.41, 5.74) is 5.74. The second-order valence-electron chi connectivity index (χ2n) is 6.66. The number of nitrogens with zero attached hydrogens (tertiary/aromatic N) is 1. The van der Waals surface area contributed by atoms with Crippen molar-refractivity contribution in [2.75, 3.05) is 7.05 Å². The predicted molar refractivity (Wildman–Crippen MR) is 74.5 cm³/mol. The Morgan fingerprint density at radius 1 is 1.11 bits per heavy atom. The molecule has 0 saturated heterocycles. The molecule has 0 aliphatic heterocycles. The highest BCUT2D eigenvalue weighted by atomic mass is 35.5. The third kappa shape index (κ3) is 2.16. The number of likely N-dealkylation sites (N-methyl/N-ethyl adjacent to an activating group) is 1. The van der Waals surface area contributed by atoms with Crippen LogP contribution in [-0.2, 0) is 4.79 Å². The van der Waals surface area contributed by atoms with E-state index >= 15 is 0 Å². The quantitative estimate of drug-likeness (QED) is 0.836. The van der Waals surface area contributed by atoms with Crippen molar-refractivity contribution in [1.82, 2.24) is 4.90 Å². The van der Waals surface area contributed by atoms with Gasteiger partial charge in [-0.05, 0) is 62.7 Å². The van der Waals surface area contributed by atoms with E-state index in [4.69, 9.17) is 5.73 Å². The zero-order valence-corrected chi connectivity index (χ0v) is 12.2. The maximum Gasteiger partial charge on any atom is 0.239 e. The van der Waals surface area contributed by atoms with E-state index in [0.717, 1.165) is 23.7 Å².